The predicted octanol–water partition coefficient (Wildman–Crippen LogP) is 2.62. The number of benzene rings is 2. The molecule has 1 fully saturated rings. The van der Waals surface area contributed by atoms with Crippen LogP contribution in [0.4, 0.5) is 0 Å². The van der Waals surface area contributed by atoms with Crippen LogP contribution in [0.1, 0.15) is 29.9 Å². The summed E-state index contributed by atoms with van der Waals surface area (Å²) in [6, 6.07) is 19.0. The molecule has 1 saturated carbocycles. The van der Waals surface area contributed by atoms with Crippen LogP contribution < -0.4 is 4.72 Å². The molecular formula is C21H22N2O4S. The minimum atomic E-state index is -3.91. The number of hydrogen-bond acceptors (Lipinski definition) is 3. The number of aliphatic carboxylic acids is 1. The number of hydrogen-bond donors (Lipinski definition) is 2. The van der Waals surface area contributed by atoms with Gasteiger partial charge >= 0.3 is 5.97 Å². The maximum atomic E-state index is 12.9. The van der Waals surface area contributed by atoms with Crippen LogP contribution in [0.15, 0.2) is 66.7 Å². The van der Waals surface area contributed by atoms with Crippen LogP contribution in [0.25, 0.3) is 5.57 Å². The fourth-order valence-corrected chi connectivity index (χ4v) is 5.33. The molecule has 0 amide bonds. The number of carboxylic acids is 1. The zero-order valence-electron chi connectivity index (χ0n) is 15.3. The van der Waals surface area contributed by atoms with E-state index in [1.807, 2.05) is 66.7 Å². The van der Waals surface area contributed by atoms with Gasteiger partial charge in [-0.25, -0.2) is 0 Å². The van der Waals surface area contributed by atoms with Crippen LogP contribution in [-0.2, 0) is 15.0 Å². The Morgan fingerprint density at radius 1 is 1.07 bits per heavy atom. The molecule has 1 heterocycles. The summed E-state index contributed by atoms with van der Waals surface area (Å²) in [5.41, 5.74) is 1.55. The summed E-state index contributed by atoms with van der Waals surface area (Å²) in [6.45, 7) is 0.549. The van der Waals surface area contributed by atoms with Crippen LogP contribution in [0.5, 0.6) is 0 Å². The van der Waals surface area contributed by atoms with Crippen molar-refractivity contribution in [3.8, 4) is 0 Å². The molecule has 0 spiro atoms. The van der Waals surface area contributed by atoms with Crippen molar-refractivity contribution in [2.75, 3.05) is 13.1 Å². The smallest absolute Gasteiger partial charge is 0.325 e. The quantitative estimate of drug-likeness (QED) is 0.783. The molecule has 2 aliphatic rings. The minimum Gasteiger partial charge on any atom is -0.480 e. The van der Waals surface area contributed by atoms with Gasteiger partial charge in [0, 0.05) is 19.0 Å². The van der Waals surface area contributed by atoms with E-state index in [-0.39, 0.29) is 18.9 Å². The molecule has 146 valence electrons. The Balaban J connectivity index is 1.50. The average Bonchev–Trinajstić information content (AvgIpc) is 3.44. The van der Waals surface area contributed by atoms with E-state index < -0.39 is 21.7 Å². The van der Waals surface area contributed by atoms with Gasteiger partial charge in [-0.05, 0) is 29.5 Å². The molecule has 2 unspecified atom stereocenters. The topological polar surface area (TPSA) is 86.7 Å². The standard InChI is InChI=1S/C21H22N2O4S/c24-20(25)21(15-19(21)18-9-5-2-6-10-18)22-28(26,27)23-13-11-17(12-14-23)16-7-3-1-4-8-16/h1-11,19,22H,12-15H2,(H,24,25). The van der Waals surface area contributed by atoms with Gasteiger partial charge < -0.3 is 5.11 Å². The second kappa shape index (κ2) is 7.16. The highest BCUT2D eigenvalue weighted by Gasteiger charge is 2.63. The molecule has 2 N–H and O–H groups in total. The van der Waals surface area contributed by atoms with Crippen molar-refractivity contribution in [1.29, 1.82) is 0 Å². The summed E-state index contributed by atoms with van der Waals surface area (Å²) >= 11 is 0. The van der Waals surface area contributed by atoms with E-state index in [0.29, 0.717) is 13.0 Å². The first-order chi connectivity index (χ1) is 13.4. The van der Waals surface area contributed by atoms with Crippen LogP contribution >= 0.6 is 0 Å². The SMILES string of the molecule is O=C(O)C1(NS(=O)(=O)N2CC=C(c3ccccc3)CC2)CC1c1ccccc1. The lowest BCUT2D eigenvalue weighted by atomic mass is 10.0. The van der Waals surface area contributed by atoms with Gasteiger partial charge in [0.05, 0.1) is 0 Å². The molecule has 0 saturated heterocycles. The van der Waals surface area contributed by atoms with Gasteiger partial charge in [0.1, 0.15) is 5.54 Å². The molecule has 6 nitrogen and oxygen atoms in total. The van der Waals surface area contributed by atoms with Crippen molar-refractivity contribution >= 4 is 21.8 Å². The van der Waals surface area contributed by atoms with Crippen molar-refractivity contribution in [2.24, 2.45) is 0 Å². The Hall–Kier alpha value is -2.48. The monoisotopic (exact) mass is 398 g/mol. The summed E-state index contributed by atoms with van der Waals surface area (Å²) < 4.78 is 29.6. The fraction of sp³-hybridized carbons (Fsp3) is 0.286. The first-order valence-electron chi connectivity index (χ1n) is 9.24. The summed E-state index contributed by atoms with van der Waals surface area (Å²) in [7, 11) is -3.91. The second-order valence-corrected chi connectivity index (χ2v) is 8.93. The maximum absolute atomic E-state index is 12.9. The van der Waals surface area contributed by atoms with Crippen molar-refractivity contribution < 1.29 is 18.3 Å². The highest BCUT2D eigenvalue weighted by Crippen LogP contribution is 2.52. The Kier molecular flexibility index (Phi) is 4.82. The van der Waals surface area contributed by atoms with Gasteiger partial charge in [-0.1, -0.05) is 66.7 Å². The molecule has 0 bridgehead atoms. The summed E-state index contributed by atoms with van der Waals surface area (Å²) in [4.78, 5) is 11.9. The molecule has 7 heteroatoms. The number of nitrogens with one attached hydrogen (secondary N) is 1. The lowest BCUT2D eigenvalue weighted by molar-refractivity contribution is -0.140. The van der Waals surface area contributed by atoms with Crippen molar-refractivity contribution in [3.05, 3.63) is 77.9 Å². The molecule has 0 aromatic heterocycles. The van der Waals surface area contributed by atoms with Crippen molar-refractivity contribution in [1.82, 2.24) is 9.03 Å². The highest BCUT2D eigenvalue weighted by molar-refractivity contribution is 7.87. The molecule has 2 atom stereocenters. The maximum Gasteiger partial charge on any atom is 0.325 e. The summed E-state index contributed by atoms with van der Waals surface area (Å²) in [5, 5.41) is 9.73. The van der Waals surface area contributed by atoms with E-state index in [9.17, 15) is 18.3 Å². The zero-order chi connectivity index (χ0) is 19.8. The van der Waals surface area contributed by atoms with E-state index in [0.717, 1.165) is 16.7 Å². The Bertz CT molecular complexity index is 1010. The summed E-state index contributed by atoms with van der Waals surface area (Å²) in [6.07, 6.45) is 2.74. The lowest BCUT2D eigenvalue weighted by Crippen LogP contribution is -2.51. The molecule has 4 rings (SSSR count). The molecule has 1 aliphatic carbocycles. The third kappa shape index (κ3) is 3.48. The fourth-order valence-electron chi connectivity index (χ4n) is 3.82. The predicted molar refractivity (Wildman–Crippen MR) is 107 cm³/mol. The van der Waals surface area contributed by atoms with Gasteiger partial charge in [-0.3, -0.25) is 4.79 Å². The van der Waals surface area contributed by atoms with Gasteiger partial charge in [-0.15, -0.1) is 0 Å². The molecule has 28 heavy (non-hydrogen) atoms. The number of carbonyl (C=O) groups is 1. The van der Waals surface area contributed by atoms with Crippen LogP contribution in [0.2, 0.25) is 0 Å². The van der Waals surface area contributed by atoms with E-state index in [2.05, 4.69) is 4.72 Å². The molecular weight excluding hydrogens is 376 g/mol. The van der Waals surface area contributed by atoms with Crippen molar-refractivity contribution in [3.63, 3.8) is 0 Å². The first kappa shape index (κ1) is 18.9. The Morgan fingerprint density at radius 2 is 1.71 bits per heavy atom. The normalized spacial score (nSPS) is 25.1. The Labute approximate surface area is 164 Å². The van der Waals surface area contributed by atoms with E-state index >= 15 is 0 Å². The van der Waals surface area contributed by atoms with Crippen LogP contribution in [0.3, 0.4) is 0 Å². The van der Waals surface area contributed by atoms with Crippen LogP contribution in [-0.4, -0.2) is 42.4 Å². The molecule has 2 aromatic carbocycles. The first-order valence-corrected chi connectivity index (χ1v) is 10.7. The number of nitrogens with zero attached hydrogens (tertiary/aromatic N) is 1. The minimum absolute atomic E-state index is 0.227. The van der Waals surface area contributed by atoms with E-state index in [1.54, 1.807) is 0 Å². The second-order valence-electron chi connectivity index (χ2n) is 7.25. The van der Waals surface area contributed by atoms with Gasteiger partial charge in [0.2, 0.25) is 0 Å². The molecule has 1 aliphatic heterocycles. The van der Waals surface area contributed by atoms with E-state index in [4.69, 9.17) is 0 Å². The lowest BCUT2D eigenvalue weighted by Gasteiger charge is -2.28. The van der Waals surface area contributed by atoms with Gasteiger partial charge in [-0.2, -0.15) is 17.4 Å². The van der Waals surface area contributed by atoms with Gasteiger partial charge in [0.25, 0.3) is 10.2 Å². The average molecular weight is 398 g/mol. The summed E-state index contributed by atoms with van der Waals surface area (Å²) in [5.74, 6) is -1.50. The van der Waals surface area contributed by atoms with E-state index in [1.165, 1.54) is 4.31 Å². The van der Waals surface area contributed by atoms with Gasteiger partial charge in [0.15, 0.2) is 0 Å². The van der Waals surface area contributed by atoms with Crippen molar-refractivity contribution in [2.45, 2.75) is 24.3 Å². The zero-order valence-corrected chi connectivity index (χ0v) is 16.1. The third-order valence-electron chi connectivity index (χ3n) is 5.51. The van der Waals surface area contributed by atoms with Crippen LogP contribution in [0, 0.1) is 0 Å². The third-order valence-corrected chi connectivity index (χ3v) is 7.15. The largest absolute Gasteiger partial charge is 0.480 e. The molecule has 2 aromatic rings. The molecule has 0 radical (unpaired) electrons. The Morgan fingerprint density at radius 3 is 2.29 bits per heavy atom. The highest BCUT2D eigenvalue weighted by atomic mass is 32.2. The number of carboxylic acid groups (broad SMARTS) is 1. The number of rotatable bonds is 6.